The topological polar surface area (TPSA) is 72.0 Å². The summed E-state index contributed by atoms with van der Waals surface area (Å²) >= 11 is 0. The van der Waals surface area contributed by atoms with Gasteiger partial charge in [0.05, 0.1) is 30.6 Å². The van der Waals surface area contributed by atoms with Gasteiger partial charge in [-0.05, 0) is 32.6 Å². The number of aliphatic hydroxyl groups is 1. The van der Waals surface area contributed by atoms with Gasteiger partial charge in [0.15, 0.2) is 0 Å². The van der Waals surface area contributed by atoms with Crippen molar-refractivity contribution in [2.24, 2.45) is 0 Å². The molecule has 0 atom stereocenters. The highest BCUT2D eigenvalue weighted by Gasteiger charge is 2.25. The van der Waals surface area contributed by atoms with Gasteiger partial charge in [0.25, 0.3) is 0 Å². The lowest BCUT2D eigenvalue weighted by Gasteiger charge is -2.31. The molecule has 7 nitrogen and oxygen atoms in total. The number of aliphatic hydroxyl groups excluding tert-OH is 1. The van der Waals surface area contributed by atoms with E-state index < -0.39 is 0 Å². The fourth-order valence-corrected chi connectivity index (χ4v) is 4.39. The first-order valence-corrected chi connectivity index (χ1v) is 10.0. The zero-order chi connectivity index (χ0) is 17.9. The van der Waals surface area contributed by atoms with Crippen LogP contribution < -0.4 is 0 Å². The molecular formula is C19H30N6O. The van der Waals surface area contributed by atoms with E-state index in [0.717, 1.165) is 38.2 Å². The van der Waals surface area contributed by atoms with E-state index in [1.54, 1.807) is 0 Å². The van der Waals surface area contributed by atoms with Gasteiger partial charge in [-0.25, -0.2) is 4.68 Å². The Bertz CT molecular complexity index is 709. The molecule has 0 radical (unpaired) electrons. The second-order valence-corrected chi connectivity index (χ2v) is 7.84. The summed E-state index contributed by atoms with van der Waals surface area (Å²) in [6, 6.07) is 0.479. The Kier molecular flexibility index (Phi) is 5.36. The predicted molar refractivity (Wildman–Crippen MR) is 98.8 cm³/mol. The normalized spacial score (nSPS) is 20.2. The first-order valence-electron chi connectivity index (χ1n) is 10.0. The van der Waals surface area contributed by atoms with Gasteiger partial charge in [-0.3, -0.25) is 9.58 Å². The van der Waals surface area contributed by atoms with E-state index in [2.05, 4.69) is 44.3 Å². The average Bonchev–Trinajstić information content (AvgIpc) is 3.38. The van der Waals surface area contributed by atoms with E-state index in [1.807, 2.05) is 4.68 Å². The van der Waals surface area contributed by atoms with Gasteiger partial charge in [-0.15, -0.1) is 5.10 Å². The third-order valence-electron chi connectivity index (χ3n) is 6.00. The van der Waals surface area contributed by atoms with Crippen LogP contribution in [-0.4, -0.2) is 54.5 Å². The SMILES string of the molecule is Cc1nn(CCO)cc1CN1CCC(n2cc(C3CCCC3)nn2)CC1. The Morgan fingerprint density at radius 2 is 1.88 bits per heavy atom. The largest absolute Gasteiger partial charge is 0.394 e. The highest BCUT2D eigenvalue weighted by molar-refractivity contribution is 5.15. The van der Waals surface area contributed by atoms with Gasteiger partial charge < -0.3 is 5.11 Å². The first-order chi connectivity index (χ1) is 12.7. The van der Waals surface area contributed by atoms with Gasteiger partial charge >= 0.3 is 0 Å². The Balaban J connectivity index is 1.31. The maximum Gasteiger partial charge on any atom is 0.0858 e. The van der Waals surface area contributed by atoms with E-state index in [0.29, 0.717) is 18.5 Å². The summed E-state index contributed by atoms with van der Waals surface area (Å²) in [5.74, 6) is 0.641. The van der Waals surface area contributed by atoms with Crippen molar-refractivity contribution in [3.63, 3.8) is 0 Å². The molecule has 0 unspecified atom stereocenters. The minimum absolute atomic E-state index is 0.132. The lowest BCUT2D eigenvalue weighted by molar-refractivity contribution is 0.172. The lowest BCUT2D eigenvalue weighted by atomic mass is 10.0. The molecule has 1 aliphatic carbocycles. The predicted octanol–water partition coefficient (Wildman–Crippen LogP) is 2.27. The zero-order valence-corrected chi connectivity index (χ0v) is 15.7. The van der Waals surface area contributed by atoms with E-state index in [9.17, 15) is 0 Å². The van der Waals surface area contributed by atoms with Crippen molar-refractivity contribution in [2.75, 3.05) is 19.7 Å². The summed E-state index contributed by atoms with van der Waals surface area (Å²) in [7, 11) is 0. The van der Waals surface area contributed by atoms with Crippen molar-refractivity contribution in [2.45, 2.75) is 70.5 Å². The molecule has 0 spiro atoms. The molecule has 7 heteroatoms. The molecule has 2 fully saturated rings. The molecule has 26 heavy (non-hydrogen) atoms. The summed E-state index contributed by atoms with van der Waals surface area (Å²) in [6.07, 6.45) is 11.8. The van der Waals surface area contributed by atoms with Crippen molar-refractivity contribution in [1.82, 2.24) is 29.7 Å². The van der Waals surface area contributed by atoms with Crippen LogP contribution in [0.1, 0.15) is 67.4 Å². The Labute approximate surface area is 155 Å². The fraction of sp³-hybridized carbons (Fsp3) is 0.737. The molecule has 142 valence electrons. The van der Waals surface area contributed by atoms with Crippen molar-refractivity contribution in [3.8, 4) is 0 Å². The van der Waals surface area contributed by atoms with Crippen LogP contribution in [-0.2, 0) is 13.1 Å². The second kappa shape index (κ2) is 7.88. The molecule has 2 aromatic rings. The number of hydrogen-bond donors (Lipinski definition) is 1. The Morgan fingerprint density at radius 3 is 2.62 bits per heavy atom. The highest BCUT2D eigenvalue weighted by atomic mass is 16.3. The zero-order valence-electron chi connectivity index (χ0n) is 15.7. The number of nitrogens with zero attached hydrogens (tertiary/aromatic N) is 6. The van der Waals surface area contributed by atoms with Crippen LogP contribution in [0.5, 0.6) is 0 Å². The number of piperidine rings is 1. The maximum absolute atomic E-state index is 9.07. The third kappa shape index (κ3) is 3.83. The molecule has 1 saturated carbocycles. The summed E-state index contributed by atoms with van der Waals surface area (Å²) in [5.41, 5.74) is 3.54. The van der Waals surface area contributed by atoms with Crippen LogP contribution in [0, 0.1) is 6.92 Å². The number of aryl methyl sites for hydroxylation is 1. The van der Waals surface area contributed by atoms with Gasteiger partial charge in [-0.1, -0.05) is 18.1 Å². The van der Waals surface area contributed by atoms with E-state index in [4.69, 9.17) is 5.11 Å². The summed E-state index contributed by atoms with van der Waals surface area (Å²) in [4.78, 5) is 2.50. The molecular weight excluding hydrogens is 328 g/mol. The van der Waals surface area contributed by atoms with Gasteiger partial charge in [0.1, 0.15) is 0 Å². The second-order valence-electron chi connectivity index (χ2n) is 7.84. The molecule has 3 heterocycles. The van der Waals surface area contributed by atoms with E-state index >= 15 is 0 Å². The average molecular weight is 358 g/mol. The molecule has 0 amide bonds. The van der Waals surface area contributed by atoms with Crippen LogP contribution >= 0.6 is 0 Å². The van der Waals surface area contributed by atoms with Gasteiger partial charge in [-0.2, -0.15) is 5.10 Å². The van der Waals surface area contributed by atoms with Crippen LogP contribution in [0.2, 0.25) is 0 Å². The third-order valence-corrected chi connectivity index (χ3v) is 6.00. The summed E-state index contributed by atoms with van der Waals surface area (Å²) in [6.45, 7) is 5.84. The Hall–Kier alpha value is -1.73. The number of rotatable bonds is 6. The molecule has 2 aliphatic rings. The molecule has 4 rings (SSSR count). The number of hydrogen-bond acceptors (Lipinski definition) is 5. The van der Waals surface area contributed by atoms with Crippen LogP contribution in [0.4, 0.5) is 0 Å². The first kappa shape index (κ1) is 17.7. The van der Waals surface area contributed by atoms with Crippen LogP contribution in [0.15, 0.2) is 12.4 Å². The summed E-state index contributed by atoms with van der Waals surface area (Å²) < 4.78 is 3.97. The molecule has 2 aromatic heterocycles. The maximum atomic E-state index is 9.07. The minimum atomic E-state index is 0.132. The molecule has 1 aliphatic heterocycles. The standard InChI is InChI=1S/C19H30N6O/c1-15-17(13-24(21-15)10-11-26)12-23-8-6-18(7-9-23)25-14-19(20-22-25)16-4-2-3-5-16/h13-14,16,18,26H,2-12H2,1H3. The monoisotopic (exact) mass is 358 g/mol. The quantitative estimate of drug-likeness (QED) is 0.858. The van der Waals surface area contributed by atoms with E-state index in [1.165, 1.54) is 36.9 Å². The Morgan fingerprint density at radius 1 is 1.12 bits per heavy atom. The van der Waals surface area contributed by atoms with Crippen LogP contribution in [0.3, 0.4) is 0 Å². The smallest absolute Gasteiger partial charge is 0.0858 e. The fourth-order valence-electron chi connectivity index (χ4n) is 4.39. The molecule has 0 bridgehead atoms. The number of likely N-dealkylation sites (tertiary alicyclic amines) is 1. The van der Waals surface area contributed by atoms with Crippen molar-refractivity contribution in [3.05, 3.63) is 29.3 Å². The molecule has 0 aromatic carbocycles. The number of aromatic nitrogens is 5. The van der Waals surface area contributed by atoms with Crippen molar-refractivity contribution >= 4 is 0 Å². The molecule has 1 saturated heterocycles. The van der Waals surface area contributed by atoms with E-state index in [-0.39, 0.29) is 6.61 Å². The molecule has 1 N–H and O–H groups in total. The summed E-state index contributed by atoms with van der Waals surface area (Å²) in [5, 5.41) is 22.4. The van der Waals surface area contributed by atoms with Crippen LogP contribution in [0.25, 0.3) is 0 Å². The minimum Gasteiger partial charge on any atom is -0.394 e. The van der Waals surface area contributed by atoms with Gasteiger partial charge in [0, 0.05) is 43.5 Å². The highest BCUT2D eigenvalue weighted by Crippen LogP contribution is 2.33. The lowest BCUT2D eigenvalue weighted by Crippen LogP contribution is -2.34. The van der Waals surface area contributed by atoms with Crippen molar-refractivity contribution < 1.29 is 5.11 Å². The van der Waals surface area contributed by atoms with Gasteiger partial charge in [0.2, 0.25) is 0 Å². The van der Waals surface area contributed by atoms with Crippen molar-refractivity contribution in [1.29, 1.82) is 0 Å².